The lowest BCUT2D eigenvalue weighted by Crippen LogP contribution is -2.36. The molecule has 28 heavy (non-hydrogen) atoms. The molecule has 8 heteroatoms. The van der Waals surface area contributed by atoms with E-state index in [4.69, 9.17) is 10.5 Å². The Bertz CT molecular complexity index is 922. The van der Waals surface area contributed by atoms with Gasteiger partial charge in [-0.2, -0.15) is 0 Å². The Balaban J connectivity index is 1.19. The van der Waals surface area contributed by atoms with E-state index in [1.165, 1.54) is 19.2 Å². The summed E-state index contributed by atoms with van der Waals surface area (Å²) in [5.41, 5.74) is 7.35. The number of likely N-dealkylation sites (tertiary alicyclic amines) is 1. The standard InChI is InChI=1S/C20H25BrN6O/c21-16-4-1-2-5-17(16)28-12-15-6-10-26(11-7-15)8-3-9-27-14-25-18-19(22)23-13-24-20(18)27/h1-2,4-5,13-15H,3,6-12H2,(H2,22,23,24). The Morgan fingerprint density at radius 1 is 1.11 bits per heavy atom. The van der Waals surface area contributed by atoms with Crippen molar-refractivity contribution in [2.45, 2.75) is 25.8 Å². The molecule has 0 aliphatic carbocycles. The van der Waals surface area contributed by atoms with E-state index in [0.717, 1.165) is 55.1 Å². The number of aromatic nitrogens is 4. The van der Waals surface area contributed by atoms with Gasteiger partial charge in [-0.3, -0.25) is 0 Å². The SMILES string of the molecule is Nc1ncnc2c1ncn2CCCN1CCC(COc2ccccc2Br)CC1. The number of halogens is 1. The van der Waals surface area contributed by atoms with Crippen LogP contribution >= 0.6 is 15.9 Å². The van der Waals surface area contributed by atoms with Crippen LogP contribution in [0.15, 0.2) is 41.4 Å². The number of nitrogens with zero attached hydrogens (tertiary/aromatic N) is 5. The monoisotopic (exact) mass is 444 g/mol. The molecule has 3 heterocycles. The Morgan fingerprint density at radius 2 is 1.93 bits per heavy atom. The van der Waals surface area contributed by atoms with E-state index in [1.54, 1.807) is 6.33 Å². The first-order valence-electron chi connectivity index (χ1n) is 9.71. The lowest BCUT2D eigenvalue weighted by Gasteiger charge is -2.31. The van der Waals surface area contributed by atoms with E-state index >= 15 is 0 Å². The van der Waals surface area contributed by atoms with Gasteiger partial charge in [-0.15, -0.1) is 0 Å². The van der Waals surface area contributed by atoms with Crippen molar-refractivity contribution >= 4 is 32.9 Å². The third-order valence-corrected chi connectivity index (χ3v) is 5.98. The lowest BCUT2D eigenvalue weighted by molar-refractivity contribution is 0.139. The van der Waals surface area contributed by atoms with Crippen molar-refractivity contribution < 1.29 is 4.74 Å². The van der Waals surface area contributed by atoms with E-state index in [1.807, 2.05) is 24.3 Å². The predicted molar refractivity (Wildman–Crippen MR) is 113 cm³/mol. The Morgan fingerprint density at radius 3 is 2.75 bits per heavy atom. The first kappa shape index (κ1) is 19.1. The summed E-state index contributed by atoms with van der Waals surface area (Å²) in [4.78, 5) is 15.2. The van der Waals surface area contributed by atoms with Crippen molar-refractivity contribution in [3.8, 4) is 5.75 Å². The number of ether oxygens (including phenoxy) is 1. The minimum absolute atomic E-state index is 0.440. The predicted octanol–water partition coefficient (Wildman–Crippen LogP) is 3.35. The average molecular weight is 445 g/mol. The summed E-state index contributed by atoms with van der Waals surface area (Å²) in [5.74, 6) is 2.00. The summed E-state index contributed by atoms with van der Waals surface area (Å²) in [6, 6.07) is 8.04. The normalized spacial score (nSPS) is 15.9. The number of hydrogen-bond acceptors (Lipinski definition) is 6. The molecule has 0 atom stereocenters. The number of nitrogens with two attached hydrogens (primary N) is 1. The molecule has 0 bridgehead atoms. The Labute approximate surface area is 173 Å². The molecule has 0 unspecified atom stereocenters. The van der Waals surface area contributed by atoms with Gasteiger partial charge in [0, 0.05) is 6.54 Å². The van der Waals surface area contributed by atoms with Crippen LogP contribution in [0.25, 0.3) is 11.2 Å². The molecule has 4 rings (SSSR count). The molecule has 1 aliphatic heterocycles. The second-order valence-corrected chi connectivity index (χ2v) is 8.10. The lowest BCUT2D eigenvalue weighted by atomic mass is 9.97. The van der Waals surface area contributed by atoms with Gasteiger partial charge in [-0.25, -0.2) is 15.0 Å². The van der Waals surface area contributed by atoms with Crippen molar-refractivity contribution in [3.63, 3.8) is 0 Å². The van der Waals surface area contributed by atoms with Gasteiger partial charge in [0.1, 0.15) is 17.6 Å². The van der Waals surface area contributed by atoms with Crippen LogP contribution in [0, 0.1) is 5.92 Å². The van der Waals surface area contributed by atoms with Crippen LogP contribution < -0.4 is 10.5 Å². The molecule has 0 amide bonds. The van der Waals surface area contributed by atoms with Crippen LogP contribution in [-0.2, 0) is 6.54 Å². The van der Waals surface area contributed by atoms with E-state index in [-0.39, 0.29) is 0 Å². The van der Waals surface area contributed by atoms with Crippen molar-refractivity contribution in [1.82, 2.24) is 24.4 Å². The minimum Gasteiger partial charge on any atom is -0.492 e. The first-order valence-corrected chi connectivity index (χ1v) is 10.5. The molecule has 2 N–H and O–H groups in total. The van der Waals surface area contributed by atoms with E-state index in [2.05, 4.69) is 40.3 Å². The smallest absolute Gasteiger partial charge is 0.165 e. The Kier molecular flexibility index (Phi) is 6.07. The van der Waals surface area contributed by atoms with Crippen LogP contribution in [0.2, 0.25) is 0 Å². The van der Waals surface area contributed by atoms with Gasteiger partial charge < -0.3 is 19.9 Å². The second-order valence-electron chi connectivity index (χ2n) is 7.25. The largest absolute Gasteiger partial charge is 0.492 e. The number of fused-ring (bicyclic) bond motifs is 1. The van der Waals surface area contributed by atoms with E-state index < -0.39 is 0 Å². The highest BCUT2D eigenvalue weighted by atomic mass is 79.9. The molecule has 7 nitrogen and oxygen atoms in total. The fourth-order valence-corrected chi connectivity index (χ4v) is 4.07. The number of piperidine rings is 1. The van der Waals surface area contributed by atoms with Gasteiger partial charge in [0.25, 0.3) is 0 Å². The van der Waals surface area contributed by atoms with Gasteiger partial charge in [0.05, 0.1) is 17.4 Å². The zero-order chi connectivity index (χ0) is 19.3. The van der Waals surface area contributed by atoms with Crippen LogP contribution in [0.5, 0.6) is 5.75 Å². The van der Waals surface area contributed by atoms with Gasteiger partial charge in [-0.05, 0) is 72.9 Å². The topological polar surface area (TPSA) is 82.1 Å². The molecule has 0 spiro atoms. The molecule has 1 aliphatic rings. The molecule has 3 aromatic rings. The minimum atomic E-state index is 0.440. The summed E-state index contributed by atoms with van der Waals surface area (Å²) in [6.07, 6.45) is 6.73. The van der Waals surface area contributed by atoms with Crippen molar-refractivity contribution in [2.75, 3.05) is 32.0 Å². The number of hydrogen-bond donors (Lipinski definition) is 1. The summed E-state index contributed by atoms with van der Waals surface area (Å²) >= 11 is 3.54. The highest BCUT2D eigenvalue weighted by molar-refractivity contribution is 9.10. The zero-order valence-electron chi connectivity index (χ0n) is 15.8. The van der Waals surface area contributed by atoms with Crippen molar-refractivity contribution in [1.29, 1.82) is 0 Å². The number of rotatable bonds is 7. The molecular weight excluding hydrogens is 420 g/mol. The van der Waals surface area contributed by atoms with Gasteiger partial charge >= 0.3 is 0 Å². The van der Waals surface area contributed by atoms with Gasteiger partial charge in [0.2, 0.25) is 0 Å². The first-order chi connectivity index (χ1) is 13.7. The van der Waals surface area contributed by atoms with Crippen LogP contribution in [0.4, 0.5) is 5.82 Å². The molecule has 0 saturated carbocycles. The second kappa shape index (κ2) is 8.87. The maximum atomic E-state index is 5.99. The number of benzene rings is 1. The third kappa shape index (κ3) is 4.44. The Hall–Kier alpha value is -2.19. The number of anilines is 1. The maximum absolute atomic E-state index is 5.99. The number of para-hydroxylation sites is 1. The highest BCUT2D eigenvalue weighted by Crippen LogP contribution is 2.26. The summed E-state index contributed by atoms with van der Waals surface area (Å²) in [5, 5.41) is 0. The molecule has 1 fully saturated rings. The van der Waals surface area contributed by atoms with Crippen LogP contribution in [0.3, 0.4) is 0 Å². The summed E-state index contributed by atoms with van der Waals surface area (Å²) < 4.78 is 9.08. The zero-order valence-corrected chi connectivity index (χ0v) is 17.4. The highest BCUT2D eigenvalue weighted by Gasteiger charge is 2.20. The van der Waals surface area contributed by atoms with Crippen LogP contribution in [0.1, 0.15) is 19.3 Å². The molecule has 0 radical (unpaired) electrons. The molecule has 1 saturated heterocycles. The number of aryl methyl sites for hydroxylation is 1. The molecule has 148 valence electrons. The molecule has 2 aromatic heterocycles. The van der Waals surface area contributed by atoms with Gasteiger partial charge in [0.15, 0.2) is 11.5 Å². The number of nitrogen functional groups attached to an aromatic ring is 1. The van der Waals surface area contributed by atoms with Crippen molar-refractivity contribution in [2.24, 2.45) is 5.92 Å². The van der Waals surface area contributed by atoms with Crippen molar-refractivity contribution in [3.05, 3.63) is 41.4 Å². The molecular formula is C20H25BrN6O. The average Bonchev–Trinajstić information content (AvgIpc) is 3.13. The van der Waals surface area contributed by atoms with Gasteiger partial charge in [-0.1, -0.05) is 12.1 Å². The quantitative estimate of drug-likeness (QED) is 0.601. The maximum Gasteiger partial charge on any atom is 0.165 e. The van der Waals surface area contributed by atoms with E-state index in [0.29, 0.717) is 17.3 Å². The van der Waals surface area contributed by atoms with Crippen LogP contribution in [-0.4, -0.2) is 50.7 Å². The fourth-order valence-electron chi connectivity index (χ4n) is 3.67. The molecule has 1 aromatic carbocycles. The fraction of sp³-hybridized carbons (Fsp3) is 0.450. The summed E-state index contributed by atoms with van der Waals surface area (Å²) in [6.45, 7) is 5.02. The summed E-state index contributed by atoms with van der Waals surface area (Å²) in [7, 11) is 0. The number of imidazole rings is 1. The van der Waals surface area contributed by atoms with E-state index in [9.17, 15) is 0 Å². The third-order valence-electron chi connectivity index (χ3n) is 5.32.